The van der Waals surface area contributed by atoms with Gasteiger partial charge in [-0.25, -0.2) is 4.79 Å². The van der Waals surface area contributed by atoms with Gasteiger partial charge in [-0.15, -0.1) is 0 Å². The Balaban J connectivity index is 1.75. The Labute approximate surface area is 241 Å². The van der Waals surface area contributed by atoms with Crippen LogP contribution in [0.1, 0.15) is 46.4 Å². The van der Waals surface area contributed by atoms with E-state index in [0.29, 0.717) is 37.2 Å². The van der Waals surface area contributed by atoms with Crippen molar-refractivity contribution in [2.24, 2.45) is 4.99 Å². The maximum absolute atomic E-state index is 13.2. The fourth-order valence-corrected chi connectivity index (χ4v) is 4.02. The SMILES string of the molecule is CCC(CNCC1=CN=C1)NC(=O)NC(CNC(=O)c1cc(C(F)(F)F)cc(C(F)(F)F)c1)c1ccc(Cl)c(Cl)c1. The van der Waals surface area contributed by atoms with Crippen molar-refractivity contribution in [2.45, 2.75) is 37.8 Å². The van der Waals surface area contributed by atoms with Gasteiger partial charge in [0.05, 0.1) is 27.2 Å². The summed E-state index contributed by atoms with van der Waals surface area (Å²) in [6.45, 7) is 2.45. The highest BCUT2D eigenvalue weighted by atomic mass is 35.5. The number of benzene rings is 2. The maximum Gasteiger partial charge on any atom is 0.416 e. The molecule has 0 bridgehead atoms. The lowest BCUT2D eigenvalue weighted by atomic mass is 10.0. The van der Waals surface area contributed by atoms with Crippen LogP contribution < -0.4 is 21.3 Å². The molecular formula is C26H25Cl2F6N5O2. The first-order valence-corrected chi connectivity index (χ1v) is 13.0. The van der Waals surface area contributed by atoms with Crippen molar-refractivity contribution in [3.63, 3.8) is 0 Å². The zero-order chi connectivity index (χ0) is 30.4. The molecule has 2 aromatic rings. The summed E-state index contributed by atoms with van der Waals surface area (Å²) in [6, 6.07) is 3.03. The largest absolute Gasteiger partial charge is 0.416 e. The molecule has 222 valence electrons. The lowest BCUT2D eigenvalue weighted by Crippen LogP contribution is -2.49. The molecule has 1 aliphatic rings. The van der Waals surface area contributed by atoms with Crippen molar-refractivity contribution in [1.29, 1.82) is 0 Å². The average molecular weight is 624 g/mol. The molecule has 0 aliphatic carbocycles. The quantitative estimate of drug-likeness (QED) is 0.227. The fraction of sp³-hybridized carbons (Fsp3) is 0.346. The summed E-state index contributed by atoms with van der Waals surface area (Å²) in [6.07, 6.45) is -6.27. The van der Waals surface area contributed by atoms with Gasteiger partial charge in [0.25, 0.3) is 5.91 Å². The Hall–Kier alpha value is -3.29. The number of nitrogens with zero attached hydrogens (tertiary/aromatic N) is 1. The molecule has 4 N–H and O–H groups in total. The Morgan fingerprint density at radius 1 is 0.902 bits per heavy atom. The van der Waals surface area contributed by atoms with Crippen molar-refractivity contribution in [3.8, 4) is 0 Å². The van der Waals surface area contributed by atoms with Crippen LogP contribution in [0.5, 0.6) is 0 Å². The summed E-state index contributed by atoms with van der Waals surface area (Å²) in [5.74, 6) is -1.21. The van der Waals surface area contributed by atoms with Gasteiger partial charge < -0.3 is 21.3 Å². The molecule has 7 nitrogen and oxygen atoms in total. The van der Waals surface area contributed by atoms with E-state index in [0.717, 1.165) is 5.57 Å². The summed E-state index contributed by atoms with van der Waals surface area (Å²) >= 11 is 12.1. The zero-order valence-electron chi connectivity index (χ0n) is 21.4. The number of hydrogen-bond donors (Lipinski definition) is 4. The number of halogens is 8. The summed E-state index contributed by atoms with van der Waals surface area (Å²) < 4.78 is 79.4. The van der Waals surface area contributed by atoms with Gasteiger partial charge in [-0.05, 0) is 42.3 Å². The van der Waals surface area contributed by atoms with E-state index in [1.54, 1.807) is 12.4 Å². The second-order valence-electron chi connectivity index (χ2n) is 9.07. The molecule has 3 rings (SSSR count). The Morgan fingerprint density at radius 3 is 2.05 bits per heavy atom. The number of amides is 3. The van der Waals surface area contributed by atoms with Gasteiger partial charge in [-0.2, -0.15) is 26.3 Å². The van der Waals surface area contributed by atoms with E-state index in [2.05, 4.69) is 26.3 Å². The highest BCUT2D eigenvalue weighted by Crippen LogP contribution is 2.36. The van der Waals surface area contributed by atoms with E-state index in [1.165, 1.54) is 18.2 Å². The van der Waals surface area contributed by atoms with Crippen LogP contribution in [0.4, 0.5) is 31.1 Å². The van der Waals surface area contributed by atoms with Gasteiger partial charge in [-0.3, -0.25) is 9.79 Å². The molecule has 1 heterocycles. The summed E-state index contributed by atoms with van der Waals surface area (Å²) in [5, 5.41) is 11.2. The van der Waals surface area contributed by atoms with Gasteiger partial charge in [0, 0.05) is 49.2 Å². The van der Waals surface area contributed by atoms with Crippen LogP contribution in [-0.4, -0.2) is 43.8 Å². The zero-order valence-corrected chi connectivity index (χ0v) is 22.9. The predicted molar refractivity (Wildman–Crippen MR) is 143 cm³/mol. The standard InChI is InChI=1S/C26H25Cl2F6N5O2/c1-2-19(12-36-11-14-9-35-10-14)38-24(41)39-22(15-3-4-20(27)21(28)7-15)13-37-23(40)16-5-17(25(29,30)31)8-18(6-16)26(32,33)34/h3-10,19,22,36H,2,11-13H2,1H3,(H,37,40)(H2,38,39,41). The molecule has 0 radical (unpaired) electrons. The highest BCUT2D eigenvalue weighted by molar-refractivity contribution is 6.42. The number of aliphatic imine (C=N–C) groups is 1. The first-order chi connectivity index (χ1) is 19.2. The molecule has 0 fully saturated rings. The van der Waals surface area contributed by atoms with Crippen LogP contribution in [0.15, 0.2) is 53.2 Å². The third kappa shape index (κ3) is 9.37. The third-order valence-electron chi connectivity index (χ3n) is 6.00. The molecule has 2 aromatic carbocycles. The van der Waals surface area contributed by atoms with Crippen LogP contribution in [0.25, 0.3) is 0 Å². The summed E-state index contributed by atoms with van der Waals surface area (Å²) in [7, 11) is 0. The molecule has 2 unspecified atom stereocenters. The molecule has 15 heteroatoms. The van der Waals surface area contributed by atoms with E-state index in [-0.39, 0.29) is 22.2 Å². The van der Waals surface area contributed by atoms with Gasteiger partial charge in [0.15, 0.2) is 0 Å². The van der Waals surface area contributed by atoms with Gasteiger partial charge in [-0.1, -0.05) is 36.2 Å². The Bertz CT molecular complexity index is 1300. The third-order valence-corrected chi connectivity index (χ3v) is 6.74. The van der Waals surface area contributed by atoms with Crippen molar-refractivity contribution in [2.75, 3.05) is 19.6 Å². The summed E-state index contributed by atoms with van der Waals surface area (Å²) in [4.78, 5) is 29.4. The molecule has 2 atom stereocenters. The second kappa shape index (κ2) is 13.6. The lowest BCUT2D eigenvalue weighted by molar-refractivity contribution is -0.143. The van der Waals surface area contributed by atoms with Crippen molar-refractivity contribution < 1.29 is 35.9 Å². The minimum absolute atomic E-state index is 0.0725. The first-order valence-electron chi connectivity index (χ1n) is 12.2. The van der Waals surface area contributed by atoms with E-state index >= 15 is 0 Å². The second-order valence-corrected chi connectivity index (χ2v) is 9.88. The first kappa shape index (κ1) is 32.2. The van der Waals surface area contributed by atoms with E-state index < -0.39 is 53.6 Å². The minimum Gasteiger partial charge on any atom is -0.350 e. The van der Waals surface area contributed by atoms with Crippen molar-refractivity contribution in [1.82, 2.24) is 21.3 Å². The van der Waals surface area contributed by atoms with E-state index in [1.807, 2.05) is 6.92 Å². The minimum atomic E-state index is -5.12. The normalized spacial score (nSPS) is 14.5. The highest BCUT2D eigenvalue weighted by Gasteiger charge is 2.37. The number of carbonyl (C=O) groups is 2. The molecule has 0 spiro atoms. The van der Waals surface area contributed by atoms with Crippen LogP contribution >= 0.6 is 23.2 Å². The summed E-state index contributed by atoms with van der Waals surface area (Å²) in [5.41, 5.74) is -2.74. The van der Waals surface area contributed by atoms with Gasteiger partial charge in [0.1, 0.15) is 0 Å². The Kier molecular flexibility index (Phi) is 10.7. The van der Waals surface area contributed by atoms with Crippen LogP contribution in [0, 0.1) is 0 Å². The molecule has 3 amide bonds. The van der Waals surface area contributed by atoms with Crippen LogP contribution in [0.3, 0.4) is 0 Å². The number of urea groups is 1. The molecular weight excluding hydrogens is 599 g/mol. The number of alkyl halides is 6. The molecule has 0 saturated carbocycles. The maximum atomic E-state index is 13.2. The van der Waals surface area contributed by atoms with Crippen molar-refractivity contribution >= 4 is 41.4 Å². The Morgan fingerprint density at radius 2 is 1.54 bits per heavy atom. The predicted octanol–water partition coefficient (Wildman–Crippen LogP) is 6.14. The molecule has 0 saturated heterocycles. The molecule has 41 heavy (non-hydrogen) atoms. The van der Waals surface area contributed by atoms with Crippen molar-refractivity contribution in [3.05, 3.63) is 80.5 Å². The number of hydrogen-bond acceptors (Lipinski definition) is 4. The smallest absolute Gasteiger partial charge is 0.350 e. The van der Waals surface area contributed by atoms with E-state index in [4.69, 9.17) is 23.2 Å². The number of rotatable bonds is 11. The van der Waals surface area contributed by atoms with Gasteiger partial charge >= 0.3 is 18.4 Å². The average Bonchev–Trinajstić information content (AvgIpc) is 2.87. The number of nitrogens with one attached hydrogen (secondary N) is 4. The molecule has 1 aliphatic heterocycles. The monoisotopic (exact) mass is 623 g/mol. The number of carbonyl (C=O) groups excluding carboxylic acids is 2. The molecule has 0 aromatic heterocycles. The fourth-order valence-electron chi connectivity index (χ4n) is 3.71. The van der Waals surface area contributed by atoms with Gasteiger partial charge in [0.2, 0.25) is 0 Å². The topological polar surface area (TPSA) is 94.6 Å². The van der Waals surface area contributed by atoms with Crippen LogP contribution in [0.2, 0.25) is 10.0 Å². The lowest BCUT2D eigenvalue weighted by Gasteiger charge is -2.24. The van der Waals surface area contributed by atoms with E-state index in [9.17, 15) is 35.9 Å². The van der Waals surface area contributed by atoms with Crippen LogP contribution in [-0.2, 0) is 12.4 Å².